The summed E-state index contributed by atoms with van der Waals surface area (Å²) in [6.07, 6.45) is 2.38. The molecule has 4 heteroatoms. The van der Waals surface area contributed by atoms with E-state index < -0.39 is 0 Å². The highest BCUT2D eigenvalue weighted by Crippen LogP contribution is 2.27. The number of nitrogens with zero attached hydrogens (tertiary/aromatic N) is 2. The van der Waals surface area contributed by atoms with Crippen molar-refractivity contribution in [2.75, 3.05) is 38.6 Å². The Kier molecular flexibility index (Phi) is 5.38. The third-order valence-electron chi connectivity index (χ3n) is 3.81. The molecule has 1 aliphatic rings. The van der Waals surface area contributed by atoms with Crippen LogP contribution in [0.15, 0.2) is 18.2 Å². The molecule has 1 heterocycles. The highest BCUT2D eigenvalue weighted by atomic mass is 19.1. The van der Waals surface area contributed by atoms with Gasteiger partial charge in [-0.2, -0.15) is 0 Å². The molecule has 1 unspecified atom stereocenters. The summed E-state index contributed by atoms with van der Waals surface area (Å²) in [7, 11) is 4.19. The largest absolute Gasteiger partial charge is 0.367 e. The molecule has 1 aromatic rings. The minimum atomic E-state index is -0.133. The lowest BCUT2D eigenvalue weighted by atomic mass is 10.1. The first-order chi connectivity index (χ1) is 9.60. The van der Waals surface area contributed by atoms with Crippen LogP contribution in [0, 0.1) is 5.82 Å². The predicted molar refractivity (Wildman–Crippen MR) is 82.7 cm³/mol. The molecule has 0 spiro atoms. The van der Waals surface area contributed by atoms with E-state index >= 15 is 0 Å². The summed E-state index contributed by atoms with van der Waals surface area (Å²) in [4.78, 5) is 4.57. The molecule has 0 amide bonds. The van der Waals surface area contributed by atoms with Crippen molar-refractivity contribution in [3.05, 3.63) is 29.6 Å². The highest BCUT2D eigenvalue weighted by Gasteiger charge is 2.25. The lowest BCUT2D eigenvalue weighted by molar-refractivity contribution is 0.372. The number of rotatable bonds is 6. The molecule has 2 rings (SSSR count). The quantitative estimate of drug-likeness (QED) is 0.863. The van der Waals surface area contributed by atoms with Crippen LogP contribution in [0.4, 0.5) is 10.1 Å². The van der Waals surface area contributed by atoms with E-state index in [0.717, 1.165) is 37.4 Å². The van der Waals surface area contributed by atoms with Gasteiger partial charge in [-0.05, 0) is 57.2 Å². The smallest absolute Gasteiger partial charge is 0.125 e. The third kappa shape index (κ3) is 3.93. The van der Waals surface area contributed by atoms with E-state index in [9.17, 15) is 4.39 Å². The zero-order chi connectivity index (χ0) is 14.5. The predicted octanol–water partition coefficient (Wildman–Crippen LogP) is 2.47. The Morgan fingerprint density at radius 2 is 2.15 bits per heavy atom. The molecule has 0 bridgehead atoms. The van der Waals surface area contributed by atoms with Crippen molar-refractivity contribution in [3.8, 4) is 0 Å². The van der Waals surface area contributed by atoms with Crippen molar-refractivity contribution < 1.29 is 4.39 Å². The van der Waals surface area contributed by atoms with Gasteiger partial charge in [0.15, 0.2) is 0 Å². The number of likely N-dealkylation sites (N-methyl/N-ethyl adjacent to an activating group) is 1. The van der Waals surface area contributed by atoms with Gasteiger partial charge in [0, 0.05) is 31.4 Å². The molecule has 0 aliphatic carbocycles. The molecule has 1 N–H and O–H groups in total. The van der Waals surface area contributed by atoms with Gasteiger partial charge in [-0.3, -0.25) is 0 Å². The van der Waals surface area contributed by atoms with Crippen LogP contribution >= 0.6 is 0 Å². The zero-order valence-electron chi connectivity index (χ0n) is 12.8. The Labute approximate surface area is 121 Å². The molecule has 0 radical (unpaired) electrons. The van der Waals surface area contributed by atoms with E-state index in [-0.39, 0.29) is 5.82 Å². The first-order valence-electron chi connectivity index (χ1n) is 7.51. The van der Waals surface area contributed by atoms with Crippen LogP contribution in [-0.2, 0) is 6.54 Å². The molecular formula is C16H26FN3. The van der Waals surface area contributed by atoms with Crippen LogP contribution in [0.1, 0.15) is 25.3 Å². The van der Waals surface area contributed by atoms with Crippen LogP contribution in [0.2, 0.25) is 0 Å². The molecule has 1 aromatic carbocycles. The SMILES string of the molecule is CCNCc1cc(F)cc(N2CCCC2CN(C)C)c1. The summed E-state index contributed by atoms with van der Waals surface area (Å²) in [6, 6.07) is 5.92. The van der Waals surface area contributed by atoms with Gasteiger partial charge in [-0.1, -0.05) is 6.92 Å². The van der Waals surface area contributed by atoms with Crippen molar-refractivity contribution >= 4 is 5.69 Å². The topological polar surface area (TPSA) is 18.5 Å². The maximum Gasteiger partial charge on any atom is 0.125 e. The molecule has 3 nitrogen and oxygen atoms in total. The summed E-state index contributed by atoms with van der Waals surface area (Å²) in [5.74, 6) is -0.133. The van der Waals surface area contributed by atoms with E-state index in [1.54, 1.807) is 12.1 Å². The Morgan fingerprint density at radius 1 is 1.35 bits per heavy atom. The van der Waals surface area contributed by atoms with Crippen LogP contribution in [0.25, 0.3) is 0 Å². The van der Waals surface area contributed by atoms with Gasteiger partial charge in [0.2, 0.25) is 0 Å². The van der Waals surface area contributed by atoms with Gasteiger partial charge in [0.25, 0.3) is 0 Å². The van der Waals surface area contributed by atoms with E-state index in [2.05, 4.69) is 42.2 Å². The summed E-state index contributed by atoms with van der Waals surface area (Å²) >= 11 is 0. The summed E-state index contributed by atoms with van der Waals surface area (Å²) < 4.78 is 13.8. The second kappa shape index (κ2) is 7.04. The number of anilines is 1. The van der Waals surface area contributed by atoms with Crippen LogP contribution in [-0.4, -0.2) is 44.7 Å². The monoisotopic (exact) mass is 279 g/mol. The molecule has 1 aliphatic heterocycles. The van der Waals surface area contributed by atoms with E-state index in [4.69, 9.17) is 0 Å². The molecule has 0 aromatic heterocycles. The number of benzene rings is 1. The van der Waals surface area contributed by atoms with Crippen molar-refractivity contribution in [2.45, 2.75) is 32.4 Å². The number of nitrogens with one attached hydrogen (secondary N) is 1. The molecule has 0 saturated carbocycles. The van der Waals surface area contributed by atoms with E-state index in [1.807, 2.05) is 0 Å². The average Bonchev–Trinajstić information content (AvgIpc) is 2.83. The lowest BCUT2D eigenvalue weighted by Crippen LogP contribution is -2.37. The zero-order valence-corrected chi connectivity index (χ0v) is 12.8. The molecule has 1 fully saturated rings. The minimum Gasteiger partial charge on any atom is -0.367 e. The number of halogens is 1. The Morgan fingerprint density at radius 3 is 2.85 bits per heavy atom. The first-order valence-corrected chi connectivity index (χ1v) is 7.51. The summed E-state index contributed by atoms with van der Waals surface area (Å²) in [6.45, 7) is 5.75. The minimum absolute atomic E-state index is 0.133. The summed E-state index contributed by atoms with van der Waals surface area (Å²) in [5, 5.41) is 3.26. The summed E-state index contributed by atoms with van der Waals surface area (Å²) in [5.41, 5.74) is 2.06. The maximum atomic E-state index is 13.8. The average molecular weight is 279 g/mol. The highest BCUT2D eigenvalue weighted by molar-refractivity contribution is 5.51. The molecule has 1 atom stereocenters. The van der Waals surface area contributed by atoms with Gasteiger partial charge < -0.3 is 15.1 Å². The van der Waals surface area contributed by atoms with E-state index in [0.29, 0.717) is 6.04 Å². The molecule has 1 saturated heterocycles. The van der Waals surface area contributed by atoms with Gasteiger partial charge in [-0.25, -0.2) is 4.39 Å². The first kappa shape index (κ1) is 15.3. The van der Waals surface area contributed by atoms with Crippen molar-refractivity contribution in [3.63, 3.8) is 0 Å². The third-order valence-corrected chi connectivity index (χ3v) is 3.81. The molecule has 20 heavy (non-hydrogen) atoms. The molecular weight excluding hydrogens is 253 g/mol. The van der Waals surface area contributed by atoms with Gasteiger partial charge in [0.05, 0.1) is 0 Å². The van der Waals surface area contributed by atoms with Gasteiger partial charge >= 0.3 is 0 Å². The Bertz CT molecular complexity index is 434. The second-order valence-corrected chi connectivity index (χ2v) is 5.85. The van der Waals surface area contributed by atoms with Crippen molar-refractivity contribution in [1.82, 2.24) is 10.2 Å². The standard InChI is InChI=1S/C16H26FN3/c1-4-18-11-13-8-14(17)10-16(9-13)20-7-5-6-15(20)12-19(2)3/h8-10,15,18H,4-7,11-12H2,1-3H3. The van der Waals surface area contributed by atoms with Crippen molar-refractivity contribution in [1.29, 1.82) is 0 Å². The van der Waals surface area contributed by atoms with Crippen molar-refractivity contribution in [2.24, 2.45) is 0 Å². The lowest BCUT2D eigenvalue weighted by Gasteiger charge is -2.29. The van der Waals surface area contributed by atoms with Crippen LogP contribution < -0.4 is 10.2 Å². The Hall–Kier alpha value is -1.13. The van der Waals surface area contributed by atoms with E-state index in [1.165, 1.54) is 12.8 Å². The van der Waals surface area contributed by atoms with Crippen LogP contribution in [0.3, 0.4) is 0 Å². The van der Waals surface area contributed by atoms with Gasteiger partial charge in [-0.15, -0.1) is 0 Å². The normalized spacial score (nSPS) is 19.1. The Balaban J connectivity index is 2.15. The fourth-order valence-corrected chi connectivity index (χ4v) is 2.96. The number of hydrogen-bond donors (Lipinski definition) is 1. The molecule has 112 valence electrons. The second-order valence-electron chi connectivity index (χ2n) is 5.85. The van der Waals surface area contributed by atoms with Crippen LogP contribution in [0.5, 0.6) is 0 Å². The fraction of sp³-hybridized carbons (Fsp3) is 0.625. The maximum absolute atomic E-state index is 13.8. The number of hydrogen-bond acceptors (Lipinski definition) is 3. The fourth-order valence-electron chi connectivity index (χ4n) is 2.96. The van der Waals surface area contributed by atoms with Gasteiger partial charge in [0.1, 0.15) is 5.82 Å².